The van der Waals surface area contributed by atoms with Crippen LogP contribution in [0, 0.1) is 10.1 Å². The summed E-state index contributed by atoms with van der Waals surface area (Å²) in [6.45, 7) is 2.44. The summed E-state index contributed by atoms with van der Waals surface area (Å²) >= 11 is 5.19. The molecule has 0 radical (unpaired) electrons. The van der Waals surface area contributed by atoms with Crippen molar-refractivity contribution in [3.8, 4) is 5.75 Å². The first-order valence-corrected chi connectivity index (χ1v) is 6.91. The van der Waals surface area contributed by atoms with Crippen LogP contribution in [0.2, 0.25) is 0 Å². The number of nitrogens with zero attached hydrogens (tertiary/aromatic N) is 2. The Kier molecular flexibility index (Phi) is 5.21. The van der Waals surface area contributed by atoms with E-state index < -0.39 is 4.92 Å². The Bertz CT molecular complexity index is 676. The van der Waals surface area contributed by atoms with Crippen molar-refractivity contribution in [3.63, 3.8) is 0 Å². The van der Waals surface area contributed by atoms with Gasteiger partial charge in [0, 0.05) is 6.07 Å². The van der Waals surface area contributed by atoms with Gasteiger partial charge in [0.15, 0.2) is 5.11 Å². The Morgan fingerprint density at radius 2 is 2.09 bits per heavy atom. The summed E-state index contributed by atoms with van der Waals surface area (Å²) in [7, 11) is 0. The van der Waals surface area contributed by atoms with Gasteiger partial charge in [-0.25, -0.2) is 4.98 Å². The number of anilines is 2. The second-order valence-corrected chi connectivity index (χ2v) is 4.58. The standard InChI is InChI=1S/C14H14N4O3S/c1-2-21-12-6-4-3-5-11(12)16-14(22)17-13-8-7-10(9-15-13)18(19)20/h3-9H,2H2,1H3,(H2,15,16,17,22). The molecule has 0 aliphatic rings. The number of hydrogen-bond donors (Lipinski definition) is 2. The third-order valence-corrected chi connectivity index (χ3v) is 2.84. The average molecular weight is 318 g/mol. The molecule has 22 heavy (non-hydrogen) atoms. The fourth-order valence-electron chi connectivity index (χ4n) is 1.69. The van der Waals surface area contributed by atoms with Gasteiger partial charge in [0.25, 0.3) is 5.69 Å². The molecule has 114 valence electrons. The van der Waals surface area contributed by atoms with Crippen molar-refractivity contribution in [1.82, 2.24) is 4.98 Å². The number of nitro groups is 1. The molecule has 1 aromatic heterocycles. The molecule has 0 aliphatic carbocycles. The van der Waals surface area contributed by atoms with Gasteiger partial charge in [-0.2, -0.15) is 0 Å². The third-order valence-electron chi connectivity index (χ3n) is 2.64. The number of benzene rings is 1. The van der Waals surface area contributed by atoms with Crippen LogP contribution >= 0.6 is 12.2 Å². The molecule has 0 aliphatic heterocycles. The van der Waals surface area contributed by atoms with Crippen LogP contribution in [0.1, 0.15) is 6.92 Å². The maximum Gasteiger partial charge on any atom is 0.287 e. The lowest BCUT2D eigenvalue weighted by Crippen LogP contribution is -2.20. The topological polar surface area (TPSA) is 89.3 Å². The first-order chi connectivity index (χ1) is 10.6. The molecule has 2 rings (SSSR count). The maximum atomic E-state index is 10.6. The molecule has 0 saturated heterocycles. The van der Waals surface area contributed by atoms with E-state index in [0.29, 0.717) is 23.3 Å². The zero-order valence-electron chi connectivity index (χ0n) is 11.8. The Morgan fingerprint density at radius 3 is 2.73 bits per heavy atom. The molecule has 0 bridgehead atoms. The van der Waals surface area contributed by atoms with Gasteiger partial charge < -0.3 is 15.4 Å². The molecular weight excluding hydrogens is 304 g/mol. The maximum absolute atomic E-state index is 10.6. The molecule has 0 spiro atoms. The van der Waals surface area contributed by atoms with Crippen LogP contribution in [0.25, 0.3) is 0 Å². The van der Waals surface area contributed by atoms with Crippen LogP contribution in [0.5, 0.6) is 5.75 Å². The molecule has 2 N–H and O–H groups in total. The van der Waals surface area contributed by atoms with Crippen LogP contribution in [0.15, 0.2) is 42.6 Å². The summed E-state index contributed by atoms with van der Waals surface area (Å²) in [6, 6.07) is 10.2. The molecule has 1 aromatic carbocycles. The highest BCUT2D eigenvalue weighted by atomic mass is 32.1. The number of para-hydroxylation sites is 2. The Morgan fingerprint density at radius 1 is 1.32 bits per heavy atom. The predicted octanol–water partition coefficient (Wildman–Crippen LogP) is 3.20. The van der Waals surface area contributed by atoms with Crippen LogP contribution in [-0.4, -0.2) is 21.6 Å². The fourth-order valence-corrected chi connectivity index (χ4v) is 1.90. The van der Waals surface area contributed by atoms with Crippen LogP contribution in [-0.2, 0) is 0 Å². The Labute approximate surface area is 132 Å². The van der Waals surface area contributed by atoms with E-state index in [1.807, 2.05) is 31.2 Å². The third kappa shape index (κ3) is 4.13. The highest BCUT2D eigenvalue weighted by molar-refractivity contribution is 7.80. The predicted molar refractivity (Wildman–Crippen MR) is 88.3 cm³/mol. The van der Waals surface area contributed by atoms with Gasteiger partial charge in [-0.1, -0.05) is 12.1 Å². The molecule has 0 saturated carbocycles. The summed E-state index contributed by atoms with van der Waals surface area (Å²) in [5.41, 5.74) is 0.648. The van der Waals surface area contributed by atoms with Crippen LogP contribution in [0.3, 0.4) is 0 Å². The Hall–Kier alpha value is -2.74. The highest BCUT2D eigenvalue weighted by Crippen LogP contribution is 2.23. The van der Waals surface area contributed by atoms with E-state index in [1.54, 1.807) is 0 Å². The van der Waals surface area contributed by atoms with Gasteiger partial charge in [0.1, 0.15) is 17.8 Å². The van der Waals surface area contributed by atoms with E-state index in [9.17, 15) is 10.1 Å². The van der Waals surface area contributed by atoms with Gasteiger partial charge in [-0.3, -0.25) is 10.1 Å². The van der Waals surface area contributed by atoms with Gasteiger partial charge >= 0.3 is 0 Å². The van der Waals surface area contributed by atoms with Crippen molar-refractivity contribution in [2.45, 2.75) is 6.92 Å². The molecule has 1 heterocycles. The fraction of sp³-hybridized carbons (Fsp3) is 0.143. The van der Waals surface area contributed by atoms with Crippen molar-refractivity contribution in [1.29, 1.82) is 0 Å². The van der Waals surface area contributed by atoms with Crippen molar-refractivity contribution < 1.29 is 9.66 Å². The average Bonchev–Trinajstić information content (AvgIpc) is 2.50. The number of hydrogen-bond acceptors (Lipinski definition) is 5. The van der Waals surface area contributed by atoms with E-state index in [0.717, 1.165) is 5.69 Å². The van der Waals surface area contributed by atoms with Crippen LogP contribution < -0.4 is 15.4 Å². The van der Waals surface area contributed by atoms with E-state index in [2.05, 4.69) is 15.6 Å². The molecule has 2 aromatic rings. The number of pyridine rings is 1. The van der Waals surface area contributed by atoms with Crippen molar-refractivity contribution >= 4 is 34.5 Å². The second kappa shape index (κ2) is 7.32. The van der Waals surface area contributed by atoms with Crippen molar-refractivity contribution in [2.24, 2.45) is 0 Å². The number of nitrogens with one attached hydrogen (secondary N) is 2. The molecule has 7 nitrogen and oxygen atoms in total. The summed E-state index contributed by atoms with van der Waals surface area (Å²) < 4.78 is 5.49. The summed E-state index contributed by atoms with van der Waals surface area (Å²) in [5, 5.41) is 16.7. The quantitative estimate of drug-likeness (QED) is 0.497. The molecule has 0 fully saturated rings. The monoisotopic (exact) mass is 318 g/mol. The van der Waals surface area contributed by atoms with Gasteiger partial charge in [0.05, 0.1) is 17.2 Å². The lowest BCUT2D eigenvalue weighted by Gasteiger charge is -2.13. The van der Waals surface area contributed by atoms with Crippen LogP contribution in [0.4, 0.5) is 17.2 Å². The smallest absolute Gasteiger partial charge is 0.287 e. The lowest BCUT2D eigenvalue weighted by molar-refractivity contribution is -0.385. The van der Waals surface area contributed by atoms with Crippen molar-refractivity contribution in [3.05, 3.63) is 52.7 Å². The molecular formula is C14H14N4O3S. The minimum Gasteiger partial charge on any atom is -0.492 e. The Balaban J connectivity index is 2.02. The highest BCUT2D eigenvalue weighted by Gasteiger charge is 2.08. The summed E-state index contributed by atoms with van der Waals surface area (Å²) in [4.78, 5) is 14.0. The number of aromatic nitrogens is 1. The second-order valence-electron chi connectivity index (χ2n) is 4.17. The number of rotatable bonds is 5. The normalized spacial score (nSPS) is 9.86. The SMILES string of the molecule is CCOc1ccccc1NC(=S)Nc1ccc([N+](=O)[O-])cn1. The molecule has 8 heteroatoms. The zero-order valence-corrected chi connectivity index (χ0v) is 12.6. The molecule has 0 unspecified atom stereocenters. The minimum absolute atomic E-state index is 0.0777. The van der Waals surface area contributed by atoms with E-state index in [-0.39, 0.29) is 5.69 Å². The van der Waals surface area contributed by atoms with Crippen molar-refractivity contribution in [2.75, 3.05) is 17.2 Å². The first-order valence-electron chi connectivity index (χ1n) is 6.50. The number of ether oxygens (including phenoxy) is 1. The van der Waals surface area contributed by atoms with E-state index in [1.165, 1.54) is 18.3 Å². The summed E-state index contributed by atoms with van der Waals surface area (Å²) in [6.07, 6.45) is 1.17. The molecule has 0 atom stereocenters. The largest absolute Gasteiger partial charge is 0.492 e. The lowest BCUT2D eigenvalue weighted by atomic mass is 10.3. The van der Waals surface area contributed by atoms with E-state index in [4.69, 9.17) is 17.0 Å². The van der Waals surface area contributed by atoms with E-state index >= 15 is 0 Å². The summed E-state index contributed by atoms with van der Waals surface area (Å²) in [5.74, 6) is 1.10. The van der Waals surface area contributed by atoms with Gasteiger partial charge in [0.2, 0.25) is 0 Å². The number of thiocarbonyl (C=S) groups is 1. The van der Waals surface area contributed by atoms with Gasteiger partial charge in [-0.15, -0.1) is 0 Å². The minimum atomic E-state index is -0.508. The molecule has 0 amide bonds. The zero-order chi connectivity index (χ0) is 15.9. The van der Waals surface area contributed by atoms with Gasteiger partial charge in [-0.05, 0) is 37.3 Å². The first kappa shape index (κ1) is 15.6.